The van der Waals surface area contributed by atoms with E-state index in [0.29, 0.717) is 0 Å². The first-order chi connectivity index (χ1) is 11.4. The number of fused-ring (bicyclic) bond motifs is 1. The molecule has 2 aromatic carbocycles. The van der Waals surface area contributed by atoms with Crippen LogP contribution in [-0.4, -0.2) is 5.60 Å². The summed E-state index contributed by atoms with van der Waals surface area (Å²) in [4.78, 5) is 0. The van der Waals surface area contributed by atoms with Crippen molar-refractivity contribution in [3.63, 3.8) is 0 Å². The fourth-order valence-electron chi connectivity index (χ4n) is 4.06. The number of ether oxygens (including phenoxy) is 1. The van der Waals surface area contributed by atoms with Crippen molar-refractivity contribution < 1.29 is 4.74 Å². The highest BCUT2D eigenvalue weighted by molar-refractivity contribution is 5.85. The van der Waals surface area contributed by atoms with Crippen molar-refractivity contribution >= 4 is 18.1 Å². The van der Waals surface area contributed by atoms with Gasteiger partial charge in [-0.25, -0.2) is 0 Å². The molecule has 0 bridgehead atoms. The molecule has 26 heavy (non-hydrogen) atoms. The fraction of sp³-hybridized carbons (Fsp3) is 0.478. The summed E-state index contributed by atoms with van der Waals surface area (Å²) in [5, 5.41) is 0. The lowest BCUT2D eigenvalue weighted by atomic mass is 9.77. The summed E-state index contributed by atoms with van der Waals surface area (Å²) in [7, 11) is 0. The third-order valence-corrected chi connectivity index (χ3v) is 5.82. The monoisotopic (exact) mass is 373 g/mol. The first-order valence-corrected chi connectivity index (χ1v) is 9.13. The zero-order valence-electron chi connectivity index (χ0n) is 17.3. The van der Waals surface area contributed by atoms with Gasteiger partial charge in [-0.2, -0.15) is 0 Å². The number of rotatable bonds is 1. The third-order valence-electron chi connectivity index (χ3n) is 5.82. The first kappa shape index (κ1) is 20.6. The Bertz CT molecular complexity index is 829. The number of hydrogen-bond acceptors (Lipinski definition) is 2. The lowest BCUT2D eigenvalue weighted by Crippen LogP contribution is -2.31. The van der Waals surface area contributed by atoms with E-state index in [2.05, 4.69) is 79.7 Å². The topological polar surface area (TPSA) is 35.2 Å². The molecule has 0 saturated carbocycles. The largest absolute Gasteiger partial charge is 0.486 e. The molecule has 2 N–H and O–H groups in total. The summed E-state index contributed by atoms with van der Waals surface area (Å²) >= 11 is 0. The number of halogens is 1. The van der Waals surface area contributed by atoms with E-state index in [0.717, 1.165) is 22.6 Å². The van der Waals surface area contributed by atoms with Gasteiger partial charge in [-0.05, 0) is 67.9 Å². The smallest absolute Gasteiger partial charge is 0.127 e. The van der Waals surface area contributed by atoms with Crippen LogP contribution >= 0.6 is 12.4 Å². The number of nitrogens with two attached hydrogens (primary N) is 1. The maximum atomic E-state index is 6.45. The minimum absolute atomic E-state index is 0. The Kier molecular flexibility index (Phi) is 5.15. The van der Waals surface area contributed by atoms with Crippen molar-refractivity contribution in [1.29, 1.82) is 0 Å². The van der Waals surface area contributed by atoms with Crippen LogP contribution < -0.4 is 10.5 Å². The summed E-state index contributed by atoms with van der Waals surface area (Å²) in [6.07, 6.45) is 0. The summed E-state index contributed by atoms with van der Waals surface area (Å²) in [6, 6.07) is 9.03. The Labute approximate surface area is 164 Å². The van der Waals surface area contributed by atoms with Gasteiger partial charge in [0, 0.05) is 11.3 Å². The van der Waals surface area contributed by atoms with Crippen molar-refractivity contribution in [3.05, 3.63) is 57.6 Å². The second-order valence-electron chi connectivity index (χ2n) is 9.04. The SMILES string of the molecule is Cc1c(C)c2c(c(C)c1N)C(c1ccc(C(C)(C)C)cc1)C(C)(C)O2.Cl. The standard InChI is InChI=1S/C23H31NO.ClH/c1-13-14(2)21-18(15(3)20(13)24)19(23(7,8)25-21)16-9-11-17(12-10-16)22(4,5)6;/h9-12,19H,24H2,1-8H3;1H. The lowest BCUT2D eigenvalue weighted by Gasteiger charge is -2.28. The Morgan fingerprint density at radius 3 is 1.96 bits per heavy atom. The molecule has 1 aliphatic heterocycles. The van der Waals surface area contributed by atoms with Gasteiger partial charge in [0.2, 0.25) is 0 Å². The Morgan fingerprint density at radius 2 is 1.46 bits per heavy atom. The van der Waals surface area contributed by atoms with Crippen molar-refractivity contribution in [1.82, 2.24) is 0 Å². The molecule has 1 aliphatic rings. The van der Waals surface area contributed by atoms with Crippen molar-refractivity contribution in [2.45, 2.75) is 72.3 Å². The van der Waals surface area contributed by atoms with Gasteiger partial charge in [0.15, 0.2) is 0 Å². The summed E-state index contributed by atoms with van der Waals surface area (Å²) in [5.74, 6) is 1.22. The van der Waals surface area contributed by atoms with E-state index in [-0.39, 0.29) is 29.3 Å². The van der Waals surface area contributed by atoms with Gasteiger partial charge in [0.1, 0.15) is 11.4 Å². The molecular formula is C23H32ClNO. The quantitative estimate of drug-likeness (QED) is 0.602. The average Bonchev–Trinajstić information content (AvgIpc) is 2.81. The van der Waals surface area contributed by atoms with Crippen LogP contribution in [-0.2, 0) is 5.41 Å². The highest BCUT2D eigenvalue weighted by atomic mass is 35.5. The summed E-state index contributed by atoms with van der Waals surface area (Å²) in [5.41, 5.74) is 14.5. The molecule has 0 aromatic heterocycles. The van der Waals surface area contributed by atoms with Crippen LogP contribution in [0.4, 0.5) is 5.69 Å². The minimum Gasteiger partial charge on any atom is -0.486 e. The molecule has 2 nitrogen and oxygen atoms in total. The molecule has 0 radical (unpaired) electrons. The van der Waals surface area contributed by atoms with Gasteiger partial charge in [-0.1, -0.05) is 45.0 Å². The molecule has 2 aromatic rings. The molecule has 0 saturated heterocycles. The molecule has 1 unspecified atom stereocenters. The van der Waals surface area contributed by atoms with Gasteiger partial charge >= 0.3 is 0 Å². The van der Waals surface area contributed by atoms with Gasteiger partial charge in [0.05, 0.1) is 5.92 Å². The molecule has 0 fully saturated rings. The molecule has 0 amide bonds. The zero-order chi connectivity index (χ0) is 18.7. The van der Waals surface area contributed by atoms with Crippen LogP contribution in [0, 0.1) is 20.8 Å². The number of benzene rings is 2. The van der Waals surface area contributed by atoms with E-state index in [1.807, 2.05) is 0 Å². The third kappa shape index (κ3) is 3.09. The molecule has 0 spiro atoms. The van der Waals surface area contributed by atoms with Crippen LogP contribution in [0.15, 0.2) is 24.3 Å². The lowest BCUT2D eigenvalue weighted by molar-refractivity contribution is 0.121. The zero-order valence-corrected chi connectivity index (χ0v) is 18.1. The Hall–Kier alpha value is -1.67. The average molecular weight is 374 g/mol. The number of nitrogen functional groups attached to an aromatic ring is 1. The van der Waals surface area contributed by atoms with Crippen molar-refractivity contribution in [3.8, 4) is 5.75 Å². The second kappa shape index (κ2) is 6.49. The predicted molar refractivity (Wildman–Crippen MR) is 114 cm³/mol. The van der Waals surface area contributed by atoms with Crippen LogP contribution in [0.5, 0.6) is 5.75 Å². The van der Waals surface area contributed by atoms with E-state index in [4.69, 9.17) is 10.5 Å². The van der Waals surface area contributed by atoms with E-state index < -0.39 is 0 Å². The van der Waals surface area contributed by atoms with Gasteiger partial charge in [0.25, 0.3) is 0 Å². The van der Waals surface area contributed by atoms with Crippen LogP contribution in [0.3, 0.4) is 0 Å². The molecule has 142 valence electrons. The highest BCUT2D eigenvalue weighted by Crippen LogP contribution is 2.53. The Morgan fingerprint density at radius 1 is 0.923 bits per heavy atom. The molecule has 0 aliphatic carbocycles. The maximum absolute atomic E-state index is 6.45. The molecule has 1 heterocycles. The van der Waals surface area contributed by atoms with Crippen molar-refractivity contribution in [2.75, 3.05) is 5.73 Å². The van der Waals surface area contributed by atoms with Crippen LogP contribution in [0.2, 0.25) is 0 Å². The van der Waals surface area contributed by atoms with E-state index in [1.54, 1.807) is 0 Å². The highest BCUT2D eigenvalue weighted by Gasteiger charge is 2.44. The second-order valence-corrected chi connectivity index (χ2v) is 9.04. The van der Waals surface area contributed by atoms with E-state index in [9.17, 15) is 0 Å². The van der Waals surface area contributed by atoms with Crippen LogP contribution in [0.1, 0.15) is 73.9 Å². The fourth-order valence-corrected chi connectivity index (χ4v) is 4.06. The normalized spacial score (nSPS) is 18.1. The van der Waals surface area contributed by atoms with Gasteiger partial charge < -0.3 is 10.5 Å². The molecular weight excluding hydrogens is 342 g/mol. The predicted octanol–water partition coefficient (Wildman–Crippen LogP) is 6.22. The van der Waals surface area contributed by atoms with Gasteiger partial charge in [-0.3, -0.25) is 0 Å². The summed E-state index contributed by atoms with van der Waals surface area (Å²) < 4.78 is 6.45. The molecule has 3 heteroatoms. The van der Waals surface area contributed by atoms with Crippen LogP contribution in [0.25, 0.3) is 0 Å². The Balaban J connectivity index is 0.00000243. The minimum atomic E-state index is -0.290. The molecule has 3 rings (SSSR count). The maximum Gasteiger partial charge on any atom is 0.127 e. The van der Waals surface area contributed by atoms with Gasteiger partial charge in [-0.15, -0.1) is 12.4 Å². The van der Waals surface area contributed by atoms with E-state index in [1.165, 1.54) is 22.3 Å². The van der Waals surface area contributed by atoms with Crippen molar-refractivity contribution in [2.24, 2.45) is 0 Å². The van der Waals surface area contributed by atoms with E-state index >= 15 is 0 Å². The summed E-state index contributed by atoms with van der Waals surface area (Å²) in [6.45, 7) is 17.4. The number of hydrogen-bond donors (Lipinski definition) is 1. The first-order valence-electron chi connectivity index (χ1n) is 9.13. The molecule has 1 atom stereocenters. The number of anilines is 1.